The van der Waals surface area contributed by atoms with Gasteiger partial charge in [-0.15, -0.1) is 0 Å². The molecule has 148 valence electrons. The van der Waals surface area contributed by atoms with Crippen LogP contribution in [0.25, 0.3) is 0 Å². The van der Waals surface area contributed by atoms with E-state index in [4.69, 9.17) is 9.47 Å². The van der Waals surface area contributed by atoms with Crippen LogP contribution < -0.4 is 10.6 Å². The quantitative estimate of drug-likeness (QED) is 0.437. The highest BCUT2D eigenvalue weighted by Crippen LogP contribution is 1.96. The van der Waals surface area contributed by atoms with E-state index >= 15 is 0 Å². The van der Waals surface area contributed by atoms with Gasteiger partial charge in [0.1, 0.15) is 13.2 Å². The van der Waals surface area contributed by atoms with Crippen LogP contribution in [0.2, 0.25) is 0 Å². The van der Waals surface area contributed by atoms with Gasteiger partial charge in [-0.05, 0) is 13.8 Å². The van der Waals surface area contributed by atoms with Crippen LogP contribution in [0, 0.1) is 11.8 Å². The van der Waals surface area contributed by atoms with Crippen LogP contribution in [0.4, 0.5) is 0 Å². The van der Waals surface area contributed by atoms with Gasteiger partial charge in [0.25, 0.3) is 0 Å². The molecule has 0 radical (unpaired) electrons. The zero-order chi connectivity index (χ0) is 20.3. The average molecular weight is 370 g/mol. The van der Waals surface area contributed by atoms with E-state index in [1.54, 1.807) is 41.5 Å². The van der Waals surface area contributed by atoms with Crippen LogP contribution >= 0.6 is 0 Å². The number of carbonyl (C=O) groups is 4. The molecule has 0 aromatic carbocycles. The molecule has 26 heavy (non-hydrogen) atoms. The lowest BCUT2D eigenvalue weighted by atomic mass is 10.2. The van der Waals surface area contributed by atoms with Gasteiger partial charge >= 0.3 is 11.9 Å². The highest BCUT2D eigenvalue weighted by Gasteiger charge is 2.13. The Kier molecular flexibility index (Phi) is 10.9. The molecule has 2 N–H and O–H groups in total. The number of hydrogen-bond acceptors (Lipinski definition) is 6. The molecule has 0 unspecified atom stereocenters. The molecule has 0 heterocycles. The van der Waals surface area contributed by atoms with Crippen LogP contribution in [-0.4, -0.2) is 49.1 Å². The molecule has 0 saturated carbocycles. The Balaban J connectivity index is 4.10. The van der Waals surface area contributed by atoms with Crippen molar-refractivity contribution in [2.24, 2.45) is 11.8 Å². The first kappa shape index (κ1) is 23.6. The lowest BCUT2D eigenvalue weighted by molar-refractivity contribution is -0.141. The normalized spacial score (nSPS) is 13.4. The Hall–Kier alpha value is -2.38. The lowest BCUT2D eigenvalue weighted by Crippen LogP contribution is -2.38. The van der Waals surface area contributed by atoms with E-state index in [1.807, 2.05) is 0 Å². The summed E-state index contributed by atoms with van der Waals surface area (Å²) in [4.78, 5) is 46.1. The fourth-order valence-corrected chi connectivity index (χ4v) is 1.55. The van der Waals surface area contributed by atoms with Crippen molar-refractivity contribution in [1.29, 1.82) is 0 Å². The zero-order valence-corrected chi connectivity index (χ0v) is 16.3. The van der Waals surface area contributed by atoms with Gasteiger partial charge in [0.2, 0.25) is 11.8 Å². The van der Waals surface area contributed by atoms with E-state index in [9.17, 15) is 19.2 Å². The fourth-order valence-electron chi connectivity index (χ4n) is 1.55. The van der Waals surface area contributed by atoms with Crippen molar-refractivity contribution in [3.8, 4) is 0 Å². The van der Waals surface area contributed by atoms with E-state index in [0.29, 0.717) is 0 Å². The summed E-state index contributed by atoms with van der Waals surface area (Å²) in [7, 11) is 0. The zero-order valence-electron chi connectivity index (χ0n) is 16.3. The summed E-state index contributed by atoms with van der Waals surface area (Å²) in [6.45, 7) is 10.4. The van der Waals surface area contributed by atoms with Gasteiger partial charge in [-0.25, -0.2) is 9.59 Å². The summed E-state index contributed by atoms with van der Waals surface area (Å²) in [6.07, 6.45) is 1.91. The third-order valence-corrected chi connectivity index (χ3v) is 3.13. The Bertz CT molecular complexity index is 482. The van der Waals surface area contributed by atoms with E-state index in [-0.39, 0.29) is 48.9 Å². The highest BCUT2D eigenvalue weighted by molar-refractivity contribution is 5.91. The molecular weight excluding hydrogens is 340 g/mol. The van der Waals surface area contributed by atoms with Gasteiger partial charge in [-0.1, -0.05) is 27.7 Å². The first-order valence-electron chi connectivity index (χ1n) is 8.65. The van der Waals surface area contributed by atoms with Crippen molar-refractivity contribution in [1.82, 2.24) is 10.6 Å². The van der Waals surface area contributed by atoms with Crippen molar-refractivity contribution >= 4 is 23.8 Å². The maximum Gasteiger partial charge on any atom is 0.331 e. The summed E-state index contributed by atoms with van der Waals surface area (Å²) >= 11 is 0. The summed E-state index contributed by atoms with van der Waals surface area (Å²) in [5, 5.41) is 5.38. The van der Waals surface area contributed by atoms with Gasteiger partial charge < -0.3 is 20.1 Å². The summed E-state index contributed by atoms with van der Waals surface area (Å²) in [6, 6.07) is -0.667. The molecule has 0 aliphatic heterocycles. The van der Waals surface area contributed by atoms with Crippen LogP contribution in [0.15, 0.2) is 12.2 Å². The van der Waals surface area contributed by atoms with E-state index in [2.05, 4.69) is 10.6 Å². The van der Waals surface area contributed by atoms with Gasteiger partial charge in [0.05, 0.1) is 12.1 Å². The van der Waals surface area contributed by atoms with Crippen molar-refractivity contribution in [2.75, 3.05) is 13.2 Å². The molecule has 0 aromatic heterocycles. The van der Waals surface area contributed by atoms with Gasteiger partial charge in [0.15, 0.2) is 0 Å². The number of nitrogens with one attached hydrogen (secondary N) is 2. The minimum absolute atomic E-state index is 0.00501. The number of esters is 2. The largest absolute Gasteiger partial charge is 0.460 e. The Morgan fingerprint density at radius 1 is 0.692 bits per heavy atom. The molecule has 8 heteroatoms. The van der Waals surface area contributed by atoms with Crippen molar-refractivity contribution in [2.45, 2.75) is 53.6 Å². The van der Waals surface area contributed by atoms with Crippen LogP contribution in [0.1, 0.15) is 41.5 Å². The lowest BCUT2D eigenvalue weighted by Gasteiger charge is -2.15. The standard InChI is InChI=1S/C18H30N2O6/c1-11(2)17(23)19-13(5)9-25-15(21)7-8-16(22)26-10-14(6)20-18(24)12(3)4/h7-8,11-14H,9-10H2,1-6H3,(H,19,23)(H,20,24)/b8-7+/t13-,14-/m1/s1. The van der Waals surface area contributed by atoms with Crippen molar-refractivity contribution in [3.05, 3.63) is 12.2 Å². The molecule has 2 atom stereocenters. The minimum Gasteiger partial charge on any atom is -0.460 e. The second-order valence-electron chi connectivity index (χ2n) is 6.72. The molecule has 0 aliphatic rings. The van der Waals surface area contributed by atoms with E-state index in [1.165, 1.54) is 0 Å². The summed E-state index contributed by atoms with van der Waals surface area (Å²) in [5.74, 6) is -2.01. The Morgan fingerprint density at radius 2 is 1.00 bits per heavy atom. The monoisotopic (exact) mass is 370 g/mol. The SMILES string of the molecule is CC(C)C(=O)N[C@H](C)COC(=O)/C=C/C(=O)OC[C@@H](C)NC(=O)C(C)C. The predicted octanol–water partition coefficient (Wildman–Crippen LogP) is 0.950. The summed E-state index contributed by atoms with van der Waals surface area (Å²) in [5.41, 5.74) is 0. The van der Waals surface area contributed by atoms with E-state index < -0.39 is 11.9 Å². The van der Waals surface area contributed by atoms with E-state index in [0.717, 1.165) is 12.2 Å². The first-order chi connectivity index (χ1) is 12.0. The molecule has 0 aliphatic carbocycles. The molecular formula is C18H30N2O6. The Morgan fingerprint density at radius 3 is 1.27 bits per heavy atom. The fraction of sp³-hybridized carbons (Fsp3) is 0.667. The highest BCUT2D eigenvalue weighted by atomic mass is 16.5. The topological polar surface area (TPSA) is 111 Å². The third kappa shape index (κ3) is 11.2. The maximum atomic E-state index is 11.5. The number of ether oxygens (including phenoxy) is 2. The van der Waals surface area contributed by atoms with Crippen molar-refractivity contribution in [3.63, 3.8) is 0 Å². The second kappa shape index (κ2) is 12.1. The second-order valence-corrected chi connectivity index (χ2v) is 6.72. The molecule has 0 rings (SSSR count). The smallest absolute Gasteiger partial charge is 0.331 e. The van der Waals surface area contributed by atoms with Crippen LogP contribution in [-0.2, 0) is 28.7 Å². The molecule has 0 spiro atoms. The summed E-state index contributed by atoms with van der Waals surface area (Å²) < 4.78 is 9.87. The van der Waals surface area contributed by atoms with Crippen LogP contribution in [0.3, 0.4) is 0 Å². The molecule has 8 nitrogen and oxygen atoms in total. The molecule has 2 amide bonds. The molecule has 0 aromatic rings. The number of carbonyl (C=O) groups excluding carboxylic acids is 4. The first-order valence-corrected chi connectivity index (χ1v) is 8.65. The van der Waals surface area contributed by atoms with Gasteiger partial charge in [-0.2, -0.15) is 0 Å². The Labute approximate surface area is 154 Å². The van der Waals surface area contributed by atoms with Gasteiger partial charge in [0, 0.05) is 24.0 Å². The maximum absolute atomic E-state index is 11.5. The molecule has 0 bridgehead atoms. The minimum atomic E-state index is -0.714. The predicted molar refractivity (Wildman–Crippen MR) is 95.9 cm³/mol. The van der Waals surface area contributed by atoms with Gasteiger partial charge in [-0.3, -0.25) is 9.59 Å². The number of amides is 2. The van der Waals surface area contributed by atoms with Crippen molar-refractivity contribution < 1.29 is 28.7 Å². The molecule has 0 fully saturated rings. The number of hydrogen-bond donors (Lipinski definition) is 2. The van der Waals surface area contributed by atoms with Crippen LogP contribution in [0.5, 0.6) is 0 Å². The number of rotatable bonds is 10. The third-order valence-electron chi connectivity index (χ3n) is 3.13. The average Bonchev–Trinajstić information content (AvgIpc) is 2.55. The molecule has 0 saturated heterocycles.